The Hall–Kier alpha value is -1.65. The molecule has 1 saturated carbocycles. The molecule has 1 amide bonds. The highest BCUT2D eigenvalue weighted by atomic mass is 16.5. The molecule has 2 aliphatic rings. The lowest BCUT2D eigenvalue weighted by Gasteiger charge is -2.26. The second kappa shape index (κ2) is 8.36. The predicted octanol–water partition coefficient (Wildman–Crippen LogP) is 4.03. The van der Waals surface area contributed by atoms with E-state index < -0.39 is 5.54 Å². The zero-order chi connectivity index (χ0) is 19.5. The number of aliphatic imine (C=N–C) groups is 1. The summed E-state index contributed by atoms with van der Waals surface area (Å²) in [5, 5.41) is 2.97. The molecule has 0 aromatic rings. The van der Waals surface area contributed by atoms with Gasteiger partial charge in [-0.05, 0) is 44.4 Å². The number of nitrogens with zero attached hydrogens (tertiary/aromatic N) is 1. The van der Waals surface area contributed by atoms with E-state index in [0.717, 1.165) is 31.3 Å². The number of esters is 1. The van der Waals surface area contributed by atoms with E-state index in [0.29, 0.717) is 18.0 Å². The maximum absolute atomic E-state index is 12.6. The minimum absolute atomic E-state index is 0.0841. The summed E-state index contributed by atoms with van der Waals surface area (Å²) in [5.41, 5.74) is 0.693. The van der Waals surface area contributed by atoms with Crippen molar-refractivity contribution in [3.8, 4) is 0 Å². The summed E-state index contributed by atoms with van der Waals surface area (Å²) < 4.78 is 5.46. The van der Waals surface area contributed by atoms with E-state index in [1.807, 2.05) is 41.5 Å². The molecule has 146 valence electrons. The SMILES string of the molecule is CC(C(=O)OCC(C)C)=C(C1=NC(C)(C(C)C)C(=O)N1)C1CCCCC1. The second-order valence-electron chi connectivity index (χ2n) is 8.58. The van der Waals surface area contributed by atoms with Crippen molar-refractivity contribution in [2.24, 2.45) is 22.7 Å². The van der Waals surface area contributed by atoms with Crippen LogP contribution in [0.3, 0.4) is 0 Å². The van der Waals surface area contributed by atoms with Crippen LogP contribution in [0, 0.1) is 17.8 Å². The van der Waals surface area contributed by atoms with Crippen molar-refractivity contribution in [2.45, 2.75) is 79.2 Å². The van der Waals surface area contributed by atoms with Crippen LogP contribution < -0.4 is 5.32 Å². The quantitative estimate of drug-likeness (QED) is 0.573. The fourth-order valence-electron chi connectivity index (χ4n) is 3.59. The van der Waals surface area contributed by atoms with Crippen LogP contribution in [-0.4, -0.2) is 29.9 Å². The summed E-state index contributed by atoms with van der Waals surface area (Å²) in [5.74, 6) is 0.827. The molecule has 2 rings (SSSR count). The standard InChI is InChI=1S/C21H34N2O3/c1-13(2)12-26-19(24)15(5)17(16-10-8-7-9-11-16)18-22-20(25)21(6,23-18)14(3)4/h13-14,16H,7-12H2,1-6H3,(H,22,23,25). The number of hydrogen-bond donors (Lipinski definition) is 1. The average molecular weight is 363 g/mol. The average Bonchev–Trinajstić information content (AvgIpc) is 2.89. The van der Waals surface area contributed by atoms with Gasteiger partial charge < -0.3 is 10.1 Å². The molecule has 1 fully saturated rings. The molecule has 0 aromatic carbocycles. The van der Waals surface area contributed by atoms with Gasteiger partial charge in [0.2, 0.25) is 0 Å². The first-order valence-electron chi connectivity index (χ1n) is 9.96. The summed E-state index contributed by atoms with van der Waals surface area (Å²) in [7, 11) is 0. The number of hydrogen-bond acceptors (Lipinski definition) is 4. The maximum Gasteiger partial charge on any atom is 0.334 e. The van der Waals surface area contributed by atoms with Gasteiger partial charge in [-0.15, -0.1) is 0 Å². The summed E-state index contributed by atoms with van der Waals surface area (Å²) >= 11 is 0. The van der Waals surface area contributed by atoms with Crippen LogP contribution in [0.15, 0.2) is 16.1 Å². The van der Waals surface area contributed by atoms with E-state index in [4.69, 9.17) is 9.73 Å². The summed E-state index contributed by atoms with van der Waals surface area (Å²) in [4.78, 5) is 30.0. The maximum atomic E-state index is 12.6. The summed E-state index contributed by atoms with van der Waals surface area (Å²) in [6, 6.07) is 0. The third-order valence-electron chi connectivity index (χ3n) is 5.69. The first-order chi connectivity index (χ1) is 12.2. The van der Waals surface area contributed by atoms with Crippen molar-refractivity contribution in [1.29, 1.82) is 0 Å². The van der Waals surface area contributed by atoms with E-state index in [2.05, 4.69) is 5.32 Å². The highest BCUT2D eigenvalue weighted by Crippen LogP contribution is 2.35. The summed E-state index contributed by atoms with van der Waals surface area (Å²) in [6.45, 7) is 12.1. The third kappa shape index (κ3) is 4.36. The zero-order valence-electron chi connectivity index (χ0n) is 17.1. The Kier molecular flexibility index (Phi) is 6.64. The van der Waals surface area contributed by atoms with Gasteiger partial charge in [0.1, 0.15) is 11.4 Å². The van der Waals surface area contributed by atoms with Gasteiger partial charge in [0, 0.05) is 11.1 Å². The van der Waals surface area contributed by atoms with E-state index >= 15 is 0 Å². The van der Waals surface area contributed by atoms with Crippen molar-refractivity contribution in [2.75, 3.05) is 6.61 Å². The summed E-state index contributed by atoms with van der Waals surface area (Å²) in [6.07, 6.45) is 5.56. The normalized spacial score (nSPS) is 25.2. The largest absolute Gasteiger partial charge is 0.462 e. The smallest absolute Gasteiger partial charge is 0.334 e. The number of carbonyl (C=O) groups excluding carboxylic acids is 2. The predicted molar refractivity (Wildman–Crippen MR) is 104 cm³/mol. The molecular formula is C21H34N2O3. The Labute approximate surface area is 157 Å². The number of amidine groups is 1. The van der Waals surface area contributed by atoms with Crippen LogP contribution in [0.1, 0.15) is 73.6 Å². The molecule has 5 heteroatoms. The topological polar surface area (TPSA) is 67.8 Å². The monoisotopic (exact) mass is 362 g/mol. The molecule has 1 unspecified atom stereocenters. The number of ether oxygens (including phenoxy) is 1. The molecule has 1 heterocycles. The Balaban J connectivity index is 2.40. The Morgan fingerprint density at radius 1 is 1.23 bits per heavy atom. The fraction of sp³-hybridized carbons (Fsp3) is 0.762. The number of rotatable bonds is 6. The Morgan fingerprint density at radius 2 is 1.85 bits per heavy atom. The minimum Gasteiger partial charge on any atom is -0.462 e. The van der Waals surface area contributed by atoms with Crippen LogP contribution in [-0.2, 0) is 14.3 Å². The molecule has 0 bridgehead atoms. The Bertz CT molecular complexity index is 613. The molecule has 0 radical (unpaired) electrons. The molecule has 26 heavy (non-hydrogen) atoms. The lowest BCUT2D eigenvalue weighted by Crippen LogP contribution is -2.41. The first kappa shape index (κ1) is 20.7. The van der Waals surface area contributed by atoms with Crippen molar-refractivity contribution < 1.29 is 14.3 Å². The van der Waals surface area contributed by atoms with Gasteiger partial charge in [0.25, 0.3) is 5.91 Å². The minimum atomic E-state index is -0.780. The van der Waals surface area contributed by atoms with Crippen molar-refractivity contribution in [3.05, 3.63) is 11.1 Å². The van der Waals surface area contributed by atoms with Crippen LogP contribution in [0.25, 0.3) is 0 Å². The molecule has 0 aromatic heterocycles. The number of amides is 1. The third-order valence-corrected chi connectivity index (χ3v) is 5.69. The van der Waals surface area contributed by atoms with E-state index in [1.165, 1.54) is 6.42 Å². The van der Waals surface area contributed by atoms with Crippen LogP contribution in [0.5, 0.6) is 0 Å². The van der Waals surface area contributed by atoms with Gasteiger partial charge in [-0.3, -0.25) is 9.79 Å². The van der Waals surface area contributed by atoms with E-state index in [-0.39, 0.29) is 29.6 Å². The van der Waals surface area contributed by atoms with Gasteiger partial charge in [-0.1, -0.05) is 47.0 Å². The van der Waals surface area contributed by atoms with Crippen molar-refractivity contribution >= 4 is 17.7 Å². The van der Waals surface area contributed by atoms with E-state index in [9.17, 15) is 9.59 Å². The van der Waals surface area contributed by atoms with Gasteiger partial charge in [0.15, 0.2) is 0 Å². The van der Waals surface area contributed by atoms with Crippen LogP contribution in [0.4, 0.5) is 0 Å². The van der Waals surface area contributed by atoms with Crippen LogP contribution in [0.2, 0.25) is 0 Å². The molecule has 1 N–H and O–H groups in total. The lowest BCUT2D eigenvalue weighted by atomic mass is 9.81. The molecule has 1 aliphatic heterocycles. The number of carbonyl (C=O) groups is 2. The molecule has 1 aliphatic carbocycles. The number of nitrogens with one attached hydrogen (secondary N) is 1. The molecule has 0 saturated heterocycles. The van der Waals surface area contributed by atoms with Crippen LogP contribution >= 0.6 is 0 Å². The molecule has 1 atom stereocenters. The molecule has 0 spiro atoms. The Morgan fingerprint density at radius 3 is 2.35 bits per heavy atom. The van der Waals surface area contributed by atoms with E-state index in [1.54, 1.807) is 0 Å². The van der Waals surface area contributed by atoms with Crippen molar-refractivity contribution in [1.82, 2.24) is 5.32 Å². The van der Waals surface area contributed by atoms with Crippen molar-refractivity contribution in [3.63, 3.8) is 0 Å². The first-order valence-corrected chi connectivity index (χ1v) is 9.96. The highest BCUT2D eigenvalue weighted by Gasteiger charge is 2.43. The molecular weight excluding hydrogens is 328 g/mol. The lowest BCUT2D eigenvalue weighted by molar-refractivity contribution is -0.140. The zero-order valence-corrected chi connectivity index (χ0v) is 17.1. The van der Waals surface area contributed by atoms with Gasteiger partial charge >= 0.3 is 5.97 Å². The van der Waals surface area contributed by atoms with Gasteiger partial charge in [0.05, 0.1) is 6.61 Å². The molecule has 5 nitrogen and oxygen atoms in total. The second-order valence-corrected chi connectivity index (χ2v) is 8.58. The fourth-order valence-corrected chi connectivity index (χ4v) is 3.59. The highest BCUT2D eigenvalue weighted by molar-refractivity contribution is 6.17. The van der Waals surface area contributed by atoms with Gasteiger partial charge in [-0.25, -0.2) is 4.79 Å². The van der Waals surface area contributed by atoms with Gasteiger partial charge in [-0.2, -0.15) is 0 Å².